The first kappa shape index (κ1) is 16.8. The van der Waals surface area contributed by atoms with Gasteiger partial charge < -0.3 is 4.74 Å². The van der Waals surface area contributed by atoms with Crippen molar-refractivity contribution in [3.05, 3.63) is 76.6 Å². The van der Waals surface area contributed by atoms with E-state index in [1.165, 1.54) is 7.11 Å². The molecule has 1 aromatic heterocycles. The smallest absolute Gasteiger partial charge is 0.337 e. The summed E-state index contributed by atoms with van der Waals surface area (Å²) >= 11 is 7.84. The minimum absolute atomic E-state index is 0.340. The SMILES string of the molecule is COC(=O)c1ccc2ccc(-c3nc(-c4ccccc4Cl)cs3)cc2c1. The van der Waals surface area contributed by atoms with Crippen molar-refractivity contribution >= 4 is 39.7 Å². The fourth-order valence-electron chi connectivity index (χ4n) is 2.82. The molecule has 4 rings (SSSR count). The van der Waals surface area contributed by atoms with Gasteiger partial charge in [-0.1, -0.05) is 48.0 Å². The van der Waals surface area contributed by atoms with Gasteiger partial charge in [-0.15, -0.1) is 11.3 Å². The maximum Gasteiger partial charge on any atom is 0.337 e. The molecule has 0 saturated heterocycles. The van der Waals surface area contributed by atoms with Gasteiger partial charge in [-0.05, 0) is 35.0 Å². The Balaban J connectivity index is 1.75. The van der Waals surface area contributed by atoms with E-state index in [2.05, 4.69) is 0 Å². The van der Waals surface area contributed by atoms with Gasteiger partial charge >= 0.3 is 5.97 Å². The highest BCUT2D eigenvalue weighted by atomic mass is 35.5. The van der Waals surface area contributed by atoms with E-state index in [0.29, 0.717) is 10.6 Å². The minimum Gasteiger partial charge on any atom is -0.465 e. The van der Waals surface area contributed by atoms with Gasteiger partial charge in [0.1, 0.15) is 5.01 Å². The lowest BCUT2D eigenvalue weighted by atomic mass is 10.0. The Morgan fingerprint density at radius 2 is 1.85 bits per heavy atom. The van der Waals surface area contributed by atoms with Crippen LogP contribution in [0.4, 0.5) is 0 Å². The lowest BCUT2D eigenvalue weighted by Gasteiger charge is -2.04. The maximum atomic E-state index is 11.8. The van der Waals surface area contributed by atoms with E-state index in [-0.39, 0.29) is 5.97 Å². The monoisotopic (exact) mass is 379 g/mol. The number of esters is 1. The fourth-order valence-corrected chi connectivity index (χ4v) is 3.87. The van der Waals surface area contributed by atoms with Crippen LogP contribution < -0.4 is 0 Å². The number of rotatable bonds is 3. The standard InChI is InChI=1S/C21H14ClNO2S/c1-25-21(24)15-9-7-13-6-8-14(10-16(13)11-15)20-23-19(12-26-20)17-4-2-3-5-18(17)22/h2-12H,1H3. The summed E-state index contributed by atoms with van der Waals surface area (Å²) in [6, 6.07) is 19.3. The van der Waals surface area contributed by atoms with Crippen molar-refractivity contribution in [3.8, 4) is 21.8 Å². The van der Waals surface area contributed by atoms with Crippen LogP contribution in [-0.4, -0.2) is 18.1 Å². The highest BCUT2D eigenvalue weighted by Gasteiger charge is 2.11. The van der Waals surface area contributed by atoms with Crippen LogP contribution >= 0.6 is 22.9 Å². The van der Waals surface area contributed by atoms with Gasteiger partial charge in [0.2, 0.25) is 0 Å². The van der Waals surface area contributed by atoms with Crippen LogP contribution in [0.25, 0.3) is 32.6 Å². The number of carbonyl (C=O) groups excluding carboxylic acids is 1. The number of halogens is 1. The molecule has 0 aliphatic carbocycles. The molecule has 3 aromatic carbocycles. The maximum absolute atomic E-state index is 11.8. The van der Waals surface area contributed by atoms with Crippen LogP contribution in [0.5, 0.6) is 0 Å². The molecule has 128 valence electrons. The summed E-state index contributed by atoms with van der Waals surface area (Å²) in [6.45, 7) is 0. The summed E-state index contributed by atoms with van der Waals surface area (Å²) in [4.78, 5) is 16.5. The average Bonchev–Trinajstić information content (AvgIpc) is 3.16. The van der Waals surface area contributed by atoms with Gasteiger partial charge in [0.05, 0.1) is 18.4 Å². The molecule has 0 amide bonds. The third-order valence-corrected chi connectivity index (χ3v) is 5.38. The normalized spacial score (nSPS) is 10.8. The van der Waals surface area contributed by atoms with Crippen molar-refractivity contribution in [2.24, 2.45) is 0 Å². The van der Waals surface area contributed by atoms with Crippen molar-refractivity contribution in [3.63, 3.8) is 0 Å². The lowest BCUT2D eigenvalue weighted by Crippen LogP contribution is -2.00. The molecule has 0 unspecified atom stereocenters. The van der Waals surface area contributed by atoms with Crippen LogP contribution in [0.3, 0.4) is 0 Å². The second-order valence-corrected chi connectivity index (χ2v) is 7.05. The summed E-state index contributed by atoms with van der Waals surface area (Å²) in [6.07, 6.45) is 0. The Labute approximate surface area is 159 Å². The van der Waals surface area contributed by atoms with E-state index in [4.69, 9.17) is 21.3 Å². The average molecular weight is 380 g/mol. The van der Waals surface area contributed by atoms with Crippen LogP contribution in [0, 0.1) is 0 Å². The molecule has 4 aromatic rings. The first-order valence-corrected chi connectivity index (χ1v) is 9.24. The fraction of sp³-hybridized carbons (Fsp3) is 0.0476. The number of thiazole rings is 1. The molecule has 0 spiro atoms. The molecule has 5 heteroatoms. The number of hydrogen-bond donors (Lipinski definition) is 0. The first-order chi connectivity index (χ1) is 12.7. The highest BCUT2D eigenvalue weighted by Crippen LogP contribution is 2.33. The predicted octanol–water partition coefficient (Wildman–Crippen LogP) is 6.07. The molecule has 0 aliphatic heterocycles. The molecule has 1 heterocycles. The molecule has 0 radical (unpaired) electrons. The number of benzene rings is 3. The second-order valence-electron chi connectivity index (χ2n) is 5.79. The zero-order valence-electron chi connectivity index (χ0n) is 13.9. The van der Waals surface area contributed by atoms with Crippen LogP contribution in [-0.2, 0) is 4.74 Å². The minimum atomic E-state index is -0.340. The number of methoxy groups -OCH3 is 1. The third-order valence-electron chi connectivity index (χ3n) is 4.16. The number of fused-ring (bicyclic) bond motifs is 1. The van der Waals surface area contributed by atoms with Gasteiger partial charge in [-0.2, -0.15) is 0 Å². The first-order valence-electron chi connectivity index (χ1n) is 7.98. The van der Waals surface area contributed by atoms with Crippen molar-refractivity contribution in [1.29, 1.82) is 0 Å². The van der Waals surface area contributed by atoms with Crippen LogP contribution in [0.2, 0.25) is 5.02 Å². The number of ether oxygens (including phenoxy) is 1. The quantitative estimate of drug-likeness (QED) is 0.405. The summed E-state index contributed by atoms with van der Waals surface area (Å²) < 4.78 is 4.80. The Bertz CT molecular complexity index is 1120. The molecule has 0 bridgehead atoms. The Morgan fingerprint density at radius 1 is 1.04 bits per heavy atom. The van der Waals surface area contributed by atoms with Crippen molar-refractivity contribution in [1.82, 2.24) is 4.98 Å². The van der Waals surface area contributed by atoms with Crippen LogP contribution in [0.15, 0.2) is 66.0 Å². The molecule has 26 heavy (non-hydrogen) atoms. The summed E-state index contributed by atoms with van der Waals surface area (Å²) in [7, 11) is 1.38. The number of carbonyl (C=O) groups is 1. The molecular weight excluding hydrogens is 366 g/mol. The van der Waals surface area contributed by atoms with Crippen molar-refractivity contribution in [2.45, 2.75) is 0 Å². The number of hydrogen-bond acceptors (Lipinski definition) is 4. The van der Waals surface area contributed by atoms with Crippen LogP contribution in [0.1, 0.15) is 10.4 Å². The zero-order chi connectivity index (χ0) is 18.1. The van der Waals surface area contributed by atoms with Gasteiger partial charge in [-0.3, -0.25) is 0 Å². The zero-order valence-corrected chi connectivity index (χ0v) is 15.5. The summed E-state index contributed by atoms with van der Waals surface area (Å²) in [5.41, 5.74) is 3.32. The third kappa shape index (κ3) is 3.09. The molecule has 3 nitrogen and oxygen atoms in total. The Hall–Kier alpha value is -2.69. The Morgan fingerprint density at radius 3 is 2.65 bits per heavy atom. The summed E-state index contributed by atoms with van der Waals surface area (Å²) in [5, 5.41) is 5.63. The van der Waals surface area contributed by atoms with E-state index in [9.17, 15) is 4.79 Å². The molecule has 0 fully saturated rings. The molecule has 0 aliphatic rings. The topological polar surface area (TPSA) is 39.2 Å². The molecule has 0 saturated carbocycles. The highest BCUT2D eigenvalue weighted by molar-refractivity contribution is 7.13. The second kappa shape index (κ2) is 6.90. The molecular formula is C21H14ClNO2S. The van der Waals surface area contributed by atoms with Crippen molar-refractivity contribution < 1.29 is 9.53 Å². The van der Waals surface area contributed by atoms with Gasteiger partial charge in [-0.25, -0.2) is 9.78 Å². The lowest BCUT2D eigenvalue weighted by molar-refractivity contribution is 0.0601. The van der Waals surface area contributed by atoms with Gasteiger partial charge in [0.15, 0.2) is 0 Å². The largest absolute Gasteiger partial charge is 0.465 e. The van der Waals surface area contributed by atoms with E-state index in [1.54, 1.807) is 17.4 Å². The number of aromatic nitrogens is 1. The molecule has 0 atom stereocenters. The Kier molecular flexibility index (Phi) is 4.45. The molecule has 0 N–H and O–H groups in total. The van der Waals surface area contributed by atoms with Crippen molar-refractivity contribution in [2.75, 3.05) is 7.11 Å². The van der Waals surface area contributed by atoms with E-state index >= 15 is 0 Å². The van der Waals surface area contributed by atoms with E-state index in [0.717, 1.165) is 32.6 Å². The van der Waals surface area contributed by atoms with E-state index < -0.39 is 0 Å². The van der Waals surface area contributed by atoms with E-state index in [1.807, 2.05) is 60.0 Å². The predicted molar refractivity (Wildman–Crippen MR) is 107 cm³/mol. The van der Waals surface area contributed by atoms with Gasteiger partial charge in [0, 0.05) is 21.5 Å². The van der Waals surface area contributed by atoms with Gasteiger partial charge in [0.25, 0.3) is 0 Å². The number of nitrogens with zero attached hydrogens (tertiary/aromatic N) is 1. The summed E-state index contributed by atoms with van der Waals surface area (Å²) in [5.74, 6) is -0.340.